The predicted octanol–water partition coefficient (Wildman–Crippen LogP) is 2.47. The minimum atomic E-state index is -0.299. The second-order valence-corrected chi connectivity index (χ2v) is 5.88. The van der Waals surface area contributed by atoms with Crippen molar-refractivity contribution in [2.24, 2.45) is 0 Å². The third-order valence-electron chi connectivity index (χ3n) is 4.13. The lowest BCUT2D eigenvalue weighted by Crippen LogP contribution is -2.53. The maximum absolute atomic E-state index is 12.1. The first-order chi connectivity index (χ1) is 11.0. The van der Waals surface area contributed by atoms with Gasteiger partial charge in [-0.3, -0.25) is 9.69 Å². The van der Waals surface area contributed by atoms with Gasteiger partial charge in [-0.25, -0.2) is 4.79 Å². The van der Waals surface area contributed by atoms with E-state index in [1.165, 1.54) is 0 Å². The molecule has 0 radical (unpaired) electrons. The molecule has 1 aromatic rings. The summed E-state index contributed by atoms with van der Waals surface area (Å²) in [6.07, 6.45) is -0.299. The fraction of sp³-hybridized carbons (Fsp3) is 0.444. The first-order valence-electron chi connectivity index (χ1n) is 7.88. The van der Waals surface area contributed by atoms with Crippen LogP contribution in [0.5, 0.6) is 0 Å². The number of ketones is 1. The van der Waals surface area contributed by atoms with Crippen molar-refractivity contribution in [3.8, 4) is 0 Å². The summed E-state index contributed by atoms with van der Waals surface area (Å²) >= 11 is 0. The Hall–Kier alpha value is -2.14. The van der Waals surface area contributed by atoms with Gasteiger partial charge >= 0.3 is 6.09 Å². The second kappa shape index (κ2) is 7.92. The van der Waals surface area contributed by atoms with Crippen LogP contribution >= 0.6 is 0 Å². The van der Waals surface area contributed by atoms with Crippen LogP contribution in [0.4, 0.5) is 4.79 Å². The lowest BCUT2D eigenvalue weighted by molar-refractivity contribution is -0.120. The number of hydrogen-bond donors (Lipinski definition) is 0. The van der Waals surface area contributed by atoms with Gasteiger partial charge in [0.05, 0.1) is 6.04 Å². The number of amides is 1. The van der Waals surface area contributed by atoms with Crippen LogP contribution in [0, 0.1) is 0 Å². The molecule has 2 rings (SSSR count). The van der Waals surface area contributed by atoms with Gasteiger partial charge in [-0.2, -0.15) is 0 Å². The van der Waals surface area contributed by atoms with Crippen LogP contribution in [0.15, 0.2) is 42.5 Å². The molecular weight excluding hydrogens is 292 g/mol. The van der Waals surface area contributed by atoms with E-state index >= 15 is 0 Å². The molecule has 0 aromatic heterocycles. The number of piperazine rings is 1. The van der Waals surface area contributed by atoms with Crippen molar-refractivity contribution < 1.29 is 14.3 Å². The number of rotatable bonds is 5. The number of carbonyl (C=O) groups is 2. The molecule has 1 atom stereocenters. The zero-order chi connectivity index (χ0) is 16.8. The van der Waals surface area contributed by atoms with Gasteiger partial charge in [0.2, 0.25) is 0 Å². The zero-order valence-corrected chi connectivity index (χ0v) is 13.8. The van der Waals surface area contributed by atoms with Crippen LogP contribution in [0.2, 0.25) is 0 Å². The molecule has 0 saturated carbocycles. The maximum atomic E-state index is 12.1. The standard InChI is InChI=1S/C18H24N2O3/c1-14(2)17(21)15(3)19-9-11-20(12-10-19)18(22)23-13-16-7-5-4-6-8-16/h4-8,15H,1,9-13H2,2-3H3. The number of nitrogens with zero attached hydrogens (tertiary/aromatic N) is 2. The molecule has 1 heterocycles. The highest BCUT2D eigenvalue weighted by molar-refractivity contribution is 5.98. The Morgan fingerprint density at radius 1 is 1.17 bits per heavy atom. The third kappa shape index (κ3) is 4.66. The highest BCUT2D eigenvalue weighted by atomic mass is 16.6. The van der Waals surface area contributed by atoms with Gasteiger partial charge in [-0.1, -0.05) is 36.9 Å². The molecule has 0 bridgehead atoms. The number of benzene rings is 1. The van der Waals surface area contributed by atoms with E-state index in [0.29, 0.717) is 31.8 Å². The molecule has 1 fully saturated rings. The number of Topliss-reactive ketones (excluding diaryl/α,β-unsaturated/α-hetero) is 1. The molecule has 1 saturated heterocycles. The molecule has 0 spiro atoms. The molecule has 0 N–H and O–H groups in total. The number of hydrogen-bond acceptors (Lipinski definition) is 4. The first-order valence-corrected chi connectivity index (χ1v) is 7.88. The van der Waals surface area contributed by atoms with Crippen LogP contribution < -0.4 is 0 Å². The van der Waals surface area contributed by atoms with Crippen LogP contribution in [0.3, 0.4) is 0 Å². The number of carbonyl (C=O) groups excluding carboxylic acids is 2. The highest BCUT2D eigenvalue weighted by Crippen LogP contribution is 2.11. The Morgan fingerprint density at radius 3 is 2.35 bits per heavy atom. The van der Waals surface area contributed by atoms with Crippen LogP contribution in [0.1, 0.15) is 19.4 Å². The lowest BCUT2D eigenvalue weighted by atomic mass is 10.1. The van der Waals surface area contributed by atoms with Crippen molar-refractivity contribution in [3.63, 3.8) is 0 Å². The maximum Gasteiger partial charge on any atom is 0.410 e. The molecule has 5 heteroatoms. The predicted molar refractivity (Wildman–Crippen MR) is 89.1 cm³/mol. The molecule has 5 nitrogen and oxygen atoms in total. The average molecular weight is 316 g/mol. The van der Waals surface area contributed by atoms with E-state index in [2.05, 4.69) is 11.5 Å². The fourth-order valence-corrected chi connectivity index (χ4v) is 2.62. The Kier molecular flexibility index (Phi) is 5.93. The second-order valence-electron chi connectivity index (χ2n) is 5.88. The molecule has 1 aliphatic heterocycles. The topological polar surface area (TPSA) is 49.9 Å². The summed E-state index contributed by atoms with van der Waals surface area (Å²) in [7, 11) is 0. The van der Waals surface area contributed by atoms with Crippen molar-refractivity contribution in [2.45, 2.75) is 26.5 Å². The Labute approximate surface area is 137 Å². The molecular formula is C18H24N2O3. The molecule has 1 amide bonds. The van der Waals surface area contributed by atoms with Gasteiger partial charge in [0.15, 0.2) is 5.78 Å². The Morgan fingerprint density at radius 2 is 1.78 bits per heavy atom. The summed E-state index contributed by atoms with van der Waals surface area (Å²) in [6.45, 7) is 10.1. The monoisotopic (exact) mass is 316 g/mol. The first kappa shape index (κ1) is 17.2. The van der Waals surface area contributed by atoms with E-state index in [9.17, 15) is 9.59 Å². The molecule has 124 valence electrons. The fourth-order valence-electron chi connectivity index (χ4n) is 2.62. The van der Waals surface area contributed by atoms with Crippen molar-refractivity contribution in [1.82, 2.24) is 9.80 Å². The van der Waals surface area contributed by atoms with Gasteiger partial charge in [-0.05, 0) is 25.0 Å². The van der Waals surface area contributed by atoms with E-state index in [0.717, 1.165) is 5.56 Å². The average Bonchev–Trinajstić information content (AvgIpc) is 2.59. The van der Waals surface area contributed by atoms with Crippen LogP contribution in [0.25, 0.3) is 0 Å². The van der Waals surface area contributed by atoms with E-state index < -0.39 is 0 Å². The molecule has 0 aliphatic carbocycles. The third-order valence-corrected chi connectivity index (χ3v) is 4.13. The Bertz CT molecular complexity index is 563. The van der Waals surface area contributed by atoms with Gasteiger partial charge < -0.3 is 9.64 Å². The minimum Gasteiger partial charge on any atom is -0.445 e. The van der Waals surface area contributed by atoms with Gasteiger partial charge in [0.1, 0.15) is 6.61 Å². The summed E-state index contributed by atoms with van der Waals surface area (Å²) in [5.41, 5.74) is 1.54. The summed E-state index contributed by atoms with van der Waals surface area (Å²) < 4.78 is 5.34. The lowest BCUT2D eigenvalue weighted by Gasteiger charge is -2.36. The smallest absolute Gasteiger partial charge is 0.410 e. The summed E-state index contributed by atoms with van der Waals surface area (Å²) in [5.74, 6) is 0.0603. The quantitative estimate of drug-likeness (QED) is 0.783. The van der Waals surface area contributed by atoms with Crippen molar-refractivity contribution >= 4 is 11.9 Å². The Balaban J connectivity index is 1.78. The minimum absolute atomic E-state index is 0.0603. The van der Waals surface area contributed by atoms with E-state index in [1.54, 1.807) is 11.8 Å². The van der Waals surface area contributed by atoms with E-state index in [1.807, 2.05) is 37.3 Å². The zero-order valence-electron chi connectivity index (χ0n) is 13.8. The van der Waals surface area contributed by atoms with Crippen molar-refractivity contribution in [2.75, 3.05) is 26.2 Å². The van der Waals surface area contributed by atoms with E-state index in [-0.39, 0.29) is 24.5 Å². The summed E-state index contributed by atoms with van der Waals surface area (Å²) in [5, 5.41) is 0. The normalized spacial score (nSPS) is 16.7. The summed E-state index contributed by atoms with van der Waals surface area (Å²) in [4.78, 5) is 27.8. The number of ether oxygens (including phenoxy) is 1. The van der Waals surface area contributed by atoms with Gasteiger partial charge in [0.25, 0.3) is 0 Å². The molecule has 1 aliphatic rings. The van der Waals surface area contributed by atoms with Crippen LogP contribution in [-0.4, -0.2) is 53.9 Å². The van der Waals surface area contributed by atoms with Crippen molar-refractivity contribution in [1.29, 1.82) is 0 Å². The molecule has 23 heavy (non-hydrogen) atoms. The largest absolute Gasteiger partial charge is 0.445 e. The van der Waals surface area contributed by atoms with Gasteiger partial charge in [0, 0.05) is 26.2 Å². The highest BCUT2D eigenvalue weighted by Gasteiger charge is 2.28. The van der Waals surface area contributed by atoms with Gasteiger partial charge in [-0.15, -0.1) is 0 Å². The van der Waals surface area contributed by atoms with Crippen molar-refractivity contribution in [3.05, 3.63) is 48.0 Å². The summed E-state index contributed by atoms with van der Waals surface area (Å²) in [6, 6.07) is 9.43. The SMILES string of the molecule is C=C(C)C(=O)C(C)N1CCN(C(=O)OCc2ccccc2)CC1. The van der Waals surface area contributed by atoms with Crippen LogP contribution in [-0.2, 0) is 16.1 Å². The molecule has 1 aromatic carbocycles. The molecule has 1 unspecified atom stereocenters. The van der Waals surface area contributed by atoms with E-state index in [4.69, 9.17) is 4.74 Å².